The lowest BCUT2D eigenvalue weighted by molar-refractivity contribution is 0.171. The number of carbonyl (C=O) groups is 1. The van der Waals surface area contributed by atoms with Crippen LogP contribution in [0.25, 0.3) is 0 Å². The zero-order chi connectivity index (χ0) is 13.6. The molecule has 0 heterocycles. The van der Waals surface area contributed by atoms with Crippen molar-refractivity contribution >= 4 is 17.5 Å². The fourth-order valence-corrected chi connectivity index (χ4v) is 1.27. The van der Waals surface area contributed by atoms with E-state index in [1.54, 1.807) is 6.07 Å². The lowest BCUT2D eigenvalue weighted by atomic mass is 9.95. The second-order valence-electron chi connectivity index (χ2n) is 4.87. The number of anilines is 2. The molecule has 1 aromatic carbocycles. The molecule has 0 bridgehead atoms. The predicted molar refractivity (Wildman–Crippen MR) is 71.8 cm³/mol. The van der Waals surface area contributed by atoms with Crippen molar-refractivity contribution < 1.29 is 14.6 Å². The Morgan fingerprint density at radius 1 is 1.39 bits per heavy atom. The zero-order valence-corrected chi connectivity index (χ0v) is 11.0. The summed E-state index contributed by atoms with van der Waals surface area (Å²) in [4.78, 5) is 11.1. The Labute approximate surface area is 107 Å². The molecule has 0 saturated carbocycles. The van der Waals surface area contributed by atoms with Crippen molar-refractivity contribution in [1.29, 1.82) is 0 Å². The highest BCUT2D eigenvalue weighted by atomic mass is 16.5. The molecule has 0 aliphatic heterocycles. The number of amides is 1. The summed E-state index contributed by atoms with van der Waals surface area (Å²) in [5.74, 6) is 0. The topological polar surface area (TPSA) is 70.6 Å². The minimum absolute atomic E-state index is 0.111. The molecule has 1 amide bonds. The summed E-state index contributed by atoms with van der Waals surface area (Å²) in [6, 6.07) is 7.32. The zero-order valence-electron chi connectivity index (χ0n) is 11.0. The minimum Gasteiger partial charge on any atom is -0.453 e. The van der Waals surface area contributed by atoms with Crippen LogP contribution in [0.3, 0.4) is 0 Å². The molecule has 0 atom stereocenters. The fourth-order valence-electron chi connectivity index (χ4n) is 1.27. The molecule has 3 N–H and O–H groups in total. The third-order valence-corrected chi connectivity index (χ3v) is 2.49. The molecule has 0 radical (unpaired) electrons. The van der Waals surface area contributed by atoms with Crippen LogP contribution in [0.4, 0.5) is 16.2 Å². The van der Waals surface area contributed by atoms with Gasteiger partial charge in [-0.2, -0.15) is 0 Å². The van der Waals surface area contributed by atoms with Crippen LogP contribution in [-0.2, 0) is 4.74 Å². The van der Waals surface area contributed by atoms with Gasteiger partial charge in [0.15, 0.2) is 0 Å². The average Bonchev–Trinajstić information content (AvgIpc) is 2.37. The first kappa shape index (κ1) is 14.3. The second-order valence-corrected chi connectivity index (χ2v) is 4.87. The Kier molecular flexibility index (Phi) is 4.97. The van der Waals surface area contributed by atoms with Crippen molar-refractivity contribution in [1.82, 2.24) is 0 Å². The molecule has 0 fully saturated rings. The van der Waals surface area contributed by atoms with Crippen molar-refractivity contribution in [3.8, 4) is 0 Å². The van der Waals surface area contributed by atoms with Crippen LogP contribution in [0.1, 0.15) is 13.8 Å². The maximum Gasteiger partial charge on any atom is 0.411 e. The number of aliphatic hydroxyl groups is 1. The van der Waals surface area contributed by atoms with E-state index < -0.39 is 6.09 Å². The van der Waals surface area contributed by atoms with Gasteiger partial charge >= 0.3 is 6.09 Å². The molecular weight excluding hydrogens is 232 g/mol. The van der Waals surface area contributed by atoms with Crippen LogP contribution in [0.5, 0.6) is 0 Å². The van der Waals surface area contributed by atoms with Crippen LogP contribution in [0.2, 0.25) is 0 Å². The molecule has 5 nitrogen and oxygen atoms in total. The van der Waals surface area contributed by atoms with Gasteiger partial charge in [0.05, 0.1) is 7.11 Å². The summed E-state index contributed by atoms with van der Waals surface area (Å²) in [7, 11) is 1.32. The molecule has 0 aliphatic rings. The van der Waals surface area contributed by atoms with Crippen molar-refractivity contribution in [3.63, 3.8) is 0 Å². The largest absolute Gasteiger partial charge is 0.453 e. The number of ether oxygens (including phenoxy) is 1. The Balaban J connectivity index is 2.62. The Hall–Kier alpha value is -1.75. The molecule has 1 aromatic rings. The van der Waals surface area contributed by atoms with E-state index >= 15 is 0 Å². The monoisotopic (exact) mass is 252 g/mol. The smallest absolute Gasteiger partial charge is 0.411 e. The number of methoxy groups -OCH3 is 1. The van der Waals surface area contributed by atoms with Gasteiger partial charge in [0.2, 0.25) is 0 Å². The van der Waals surface area contributed by atoms with E-state index in [1.807, 2.05) is 32.0 Å². The molecule has 0 aromatic heterocycles. The molecule has 0 aliphatic carbocycles. The van der Waals surface area contributed by atoms with Gasteiger partial charge in [-0.05, 0) is 18.2 Å². The predicted octanol–water partition coefficient (Wildman–Crippen LogP) is 2.30. The highest BCUT2D eigenvalue weighted by Gasteiger charge is 2.15. The van der Waals surface area contributed by atoms with E-state index in [9.17, 15) is 4.79 Å². The van der Waals surface area contributed by atoms with Gasteiger partial charge in [-0.25, -0.2) is 4.79 Å². The number of hydrogen-bond donors (Lipinski definition) is 3. The van der Waals surface area contributed by atoms with E-state index in [1.165, 1.54) is 7.11 Å². The van der Waals surface area contributed by atoms with Gasteiger partial charge in [-0.3, -0.25) is 5.32 Å². The Morgan fingerprint density at radius 2 is 2.06 bits per heavy atom. The first-order valence-corrected chi connectivity index (χ1v) is 5.76. The lowest BCUT2D eigenvalue weighted by Crippen LogP contribution is -2.26. The number of benzene rings is 1. The van der Waals surface area contributed by atoms with Gasteiger partial charge in [0.1, 0.15) is 0 Å². The Morgan fingerprint density at radius 3 is 2.67 bits per heavy atom. The van der Waals surface area contributed by atoms with E-state index in [0.717, 1.165) is 5.69 Å². The van der Waals surface area contributed by atoms with Crippen LogP contribution in [0, 0.1) is 5.41 Å². The Bertz CT molecular complexity index is 405. The third kappa shape index (κ3) is 4.63. The maximum absolute atomic E-state index is 11.1. The van der Waals surface area contributed by atoms with Gasteiger partial charge in [0, 0.05) is 29.9 Å². The normalized spacial score (nSPS) is 10.9. The molecule has 0 spiro atoms. The van der Waals surface area contributed by atoms with Crippen LogP contribution in [-0.4, -0.2) is 31.5 Å². The molecule has 100 valence electrons. The molecular formula is C13H20N2O3. The number of nitrogens with one attached hydrogen (secondary N) is 2. The van der Waals surface area contributed by atoms with E-state index in [2.05, 4.69) is 15.4 Å². The standard InChI is InChI=1S/C13H20N2O3/c1-13(2,9-16)8-14-10-5-4-6-11(7-10)15-12(17)18-3/h4-7,14,16H,8-9H2,1-3H3,(H,15,17). The van der Waals surface area contributed by atoms with Gasteiger partial charge in [0.25, 0.3) is 0 Å². The summed E-state index contributed by atoms with van der Waals surface area (Å²) in [5, 5.41) is 15.0. The third-order valence-electron chi connectivity index (χ3n) is 2.49. The van der Waals surface area contributed by atoms with Crippen LogP contribution >= 0.6 is 0 Å². The highest BCUT2D eigenvalue weighted by molar-refractivity contribution is 5.85. The number of rotatable bonds is 5. The van der Waals surface area contributed by atoms with Crippen LogP contribution < -0.4 is 10.6 Å². The molecule has 5 heteroatoms. The summed E-state index contributed by atoms with van der Waals surface area (Å²) in [6.45, 7) is 4.69. The first-order chi connectivity index (χ1) is 8.46. The molecule has 1 rings (SSSR count). The summed E-state index contributed by atoms with van der Waals surface area (Å²) in [5.41, 5.74) is 1.35. The second kappa shape index (κ2) is 6.26. The number of aliphatic hydroxyl groups excluding tert-OH is 1. The lowest BCUT2D eigenvalue weighted by Gasteiger charge is -2.22. The molecule has 0 saturated heterocycles. The summed E-state index contributed by atoms with van der Waals surface area (Å²) >= 11 is 0. The first-order valence-electron chi connectivity index (χ1n) is 5.76. The quantitative estimate of drug-likeness (QED) is 0.752. The van der Waals surface area contributed by atoms with Crippen molar-refractivity contribution in [2.24, 2.45) is 5.41 Å². The van der Waals surface area contributed by atoms with Crippen molar-refractivity contribution in [2.45, 2.75) is 13.8 Å². The maximum atomic E-state index is 11.1. The SMILES string of the molecule is COC(=O)Nc1cccc(NCC(C)(C)CO)c1. The minimum atomic E-state index is -0.497. The fraction of sp³-hybridized carbons (Fsp3) is 0.462. The number of hydrogen-bond acceptors (Lipinski definition) is 4. The van der Waals surface area contributed by atoms with Gasteiger partial charge in [-0.15, -0.1) is 0 Å². The number of carbonyl (C=O) groups excluding carboxylic acids is 1. The van der Waals surface area contributed by atoms with E-state index in [-0.39, 0.29) is 12.0 Å². The molecule has 18 heavy (non-hydrogen) atoms. The molecule has 0 unspecified atom stereocenters. The van der Waals surface area contributed by atoms with Crippen LogP contribution in [0.15, 0.2) is 24.3 Å². The summed E-state index contributed by atoms with van der Waals surface area (Å²) < 4.78 is 4.52. The van der Waals surface area contributed by atoms with Crippen molar-refractivity contribution in [2.75, 3.05) is 30.9 Å². The van der Waals surface area contributed by atoms with E-state index in [0.29, 0.717) is 12.2 Å². The van der Waals surface area contributed by atoms with Gasteiger partial charge in [-0.1, -0.05) is 19.9 Å². The van der Waals surface area contributed by atoms with E-state index in [4.69, 9.17) is 5.11 Å². The highest BCUT2D eigenvalue weighted by Crippen LogP contribution is 2.19. The van der Waals surface area contributed by atoms with Crippen molar-refractivity contribution in [3.05, 3.63) is 24.3 Å². The van der Waals surface area contributed by atoms with Gasteiger partial charge < -0.3 is 15.2 Å². The average molecular weight is 252 g/mol. The summed E-state index contributed by atoms with van der Waals surface area (Å²) in [6.07, 6.45) is -0.497.